The molecular formula is C15H21FN2O2. The number of rotatable bonds is 7. The van der Waals surface area contributed by atoms with Gasteiger partial charge in [0.1, 0.15) is 5.82 Å². The fourth-order valence-electron chi connectivity index (χ4n) is 1.73. The van der Waals surface area contributed by atoms with Gasteiger partial charge in [0.05, 0.1) is 6.54 Å². The summed E-state index contributed by atoms with van der Waals surface area (Å²) in [5.74, 6) is -0.613. The van der Waals surface area contributed by atoms with Crippen molar-refractivity contribution in [1.82, 2.24) is 10.2 Å². The zero-order chi connectivity index (χ0) is 15.0. The third-order valence-electron chi connectivity index (χ3n) is 2.96. The Morgan fingerprint density at radius 1 is 1.25 bits per heavy atom. The van der Waals surface area contributed by atoms with E-state index in [2.05, 4.69) is 5.32 Å². The van der Waals surface area contributed by atoms with Crippen LogP contribution in [0.25, 0.3) is 0 Å². The van der Waals surface area contributed by atoms with Gasteiger partial charge < -0.3 is 10.2 Å². The molecule has 1 aromatic rings. The molecule has 0 saturated carbocycles. The lowest BCUT2D eigenvalue weighted by Gasteiger charge is -2.20. The first-order valence-corrected chi connectivity index (χ1v) is 6.79. The Labute approximate surface area is 119 Å². The molecule has 0 aliphatic heterocycles. The average Bonchev–Trinajstić information content (AvgIpc) is 2.42. The van der Waals surface area contributed by atoms with Crippen molar-refractivity contribution >= 4 is 11.8 Å². The second-order valence-corrected chi connectivity index (χ2v) is 4.70. The van der Waals surface area contributed by atoms with E-state index in [0.29, 0.717) is 13.1 Å². The van der Waals surface area contributed by atoms with E-state index in [9.17, 15) is 14.0 Å². The molecule has 0 fully saturated rings. The van der Waals surface area contributed by atoms with Crippen molar-refractivity contribution in [1.29, 1.82) is 0 Å². The molecule has 0 heterocycles. The van der Waals surface area contributed by atoms with Gasteiger partial charge in [-0.1, -0.05) is 25.5 Å². The molecule has 1 rings (SSSR count). The predicted molar refractivity (Wildman–Crippen MR) is 75.4 cm³/mol. The van der Waals surface area contributed by atoms with Crippen LogP contribution >= 0.6 is 0 Å². The minimum Gasteiger partial charge on any atom is -0.350 e. The highest BCUT2D eigenvalue weighted by molar-refractivity contribution is 5.83. The number of nitrogens with one attached hydrogen (secondary N) is 1. The highest BCUT2D eigenvalue weighted by atomic mass is 19.1. The Balaban J connectivity index is 2.41. The lowest BCUT2D eigenvalue weighted by Crippen LogP contribution is -2.40. The molecule has 0 aliphatic carbocycles. The van der Waals surface area contributed by atoms with Gasteiger partial charge in [0, 0.05) is 20.0 Å². The van der Waals surface area contributed by atoms with Crippen molar-refractivity contribution in [2.45, 2.75) is 33.2 Å². The Hall–Kier alpha value is -1.91. The Morgan fingerprint density at radius 3 is 2.45 bits per heavy atom. The fourth-order valence-corrected chi connectivity index (χ4v) is 1.73. The van der Waals surface area contributed by atoms with Gasteiger partial charge in [-0.25, -0.2) is 4.39 Å². The summed E-state index contributed by atoms with van der Waals surface area (Å²) in [7, 11) is 0. The van der Waals surface area contributed by atoms with Crippen LogP contribution in [0.15, 0.2) is 24.3 Å². The number of carbonyl (C=O) groups is 2. The Kier molecular flexibility index (Phi) is 6.70. The molecule has 1 N–H and O–H groups in total. The van der Waals surface area contributed by atoms with Gasteiger partial charge in [0.15, 0.2) is 0 Å². The summed E-state index contributed by atoms with van der Waals surface area (Å²) in [6, 6.07) is 5.94. The van der Waals surface area contributed by atoms with Gasteiger partial charge in [-0.05, 0) is 24.1 Å². The molecule has 0 saturated heterocycles. The number of hydrogen-bond donors (Lipinski definition) is 1. The van der Waals surface area contributed by atoms with E-state index in [-0.39, 0.29) is 24.2 Å². The maximum Gasteiger partial charge on any atom is 0.239 e. The summed E-state index contributed by atoms with van der Waals surface area (Å²) in [6.45, 7) is 4.49. The van der Waals surface area contributed by atoms with E-state index in [0.717, 1.165) is 18.4 Å². The summed E-state index contributed by atoms with van der Waals surface area (Å²) in [5, 5.41) is 2.72. The number of carbonyl (C=O) groups excluding carboxylic acids is 2. The van der Waals surface area contributed by atoms with Crippen LogP contribution in [0.4, 0.5) is 4.39 Å². The predicted octanol–water partition coefficient (Wildman–Crippen LogP) is 2.09. The molecular weight excluding hydrogens is 259 g/mol. The van der Waals surface area contributed by atoms with Crippen LogP contribution in [-0.2, 0) is 16.1 Å². The second kappa shape index (κ2) is 8.30. The molecule has 20 heavy (non-hydrogen) atoms. The summed E-state index contributed by atoms with van der Waals surface area (Å²) < 4.78 is 12.7. The van der Waals surface area contributed by atoms with Gasteiger partial charge in [0.2, 0.25) is 11.8 Å². The summed E-state index contributed by atoms with van der Waals surface area (Å²) >= 11 is 0. The third-order valence-corrected chi connectivity index (χ3v) is 2.96. The van der Waals surface area contributed by atoms with E-state index >= 15 is 0 Å². The van der Waals surface area contributed by atoms with Crippen molar-refractivity contribution in [2.24, 2.45) is 0 Å². The fraction of sp³-hybridized carbons (Fsp3) is 0.467. The maximum absolute atomic E-state index is 12.7. The van der Waals surface area contributed by atoms with Crippen LogP contribution in [-0.4, -0.2) is 29.8 Å². The molecule has 0 bridgehead atoms. The van der Waals surface area contributed by atoms with Crippen molar-refractivity contribution < 1.29 is 14.0 Å². The molecule has 0 aromatic heterocycles. The largest absolute Gasteiger partial charge is 0.350 e. The minimum atomic E-state index is -0.303. The molecule has 0 spiro atoms. The van der Waals surface area contributed by atoms with Gasteiger partial charge in [-0.15, -0.1) is 0 Å². The van der Waals surface area contributed by atoms with Crippen molar-refractivity contribution in [3.05, 3.63) is 35.6 Å². The van der Waals surface area contributed by atoms with E-state index < -0.39 is 0 Å². The van der Waals surface area contributed by atoms with Gasteiger partial charge in [0.25, 0.3) is 0 Å². The smallest absolute Gasteiger partial charge is 0.239 e. The average molecular weight is 280 g/mol. The molecule has 1 aromatic carbocycles. The summed E-state index contributed by atoms with van der Waals surface area (Å²) in [6.07, 6.45) is 1.85. The zero-order valence-electron chi connectivity index (χ0n) is 12.0. The molecule has 2 amide bonds. The standard InChI is InChI=1S/C15H21FN2O2/c1-3-4-9-18(12(2)19)11-15(20)17-10-13-5-7-14(16)8-6-13/h5-8H,3-4,9-11H2,1-2H3,(H,17,20). The molecule has 0 aliphatic rings. The van der Waals surface area contributed by atoms with Crippen LogP contribution in [0.5, 0.6) is 0 Å². The van der Waals surface area contributed by atoms with E-state index in [1.165, 1.54) is 24.0 Å². The number of hydrogen-bond acceptors (Lipinski definition) is 2. The van der Waals surface area contributed by atoms with E-state index in [1.807, 2.05) is 6.92 Å². The SMILES string of the molecule is CCCCN(CC(=O)NCc1ccc(F)cc1)C(C)=O. The number of amides is 2. The minimum absolute atomic E-state index is 0.0660. The summed E-state index contributed by atoms with van der Waals surface area (Å²) in [4.78, 5) is 24.7. The first-order chi connectivity index (χ1) is 9.52. The molecule has 4 nitrogen and oxygen atoms in total. The number of benzene rings is 1. The van der Waals surface area contributed by atoms with Gasteiger partial charge >= 0.3 is 0 Å². The molecule has 110 valence electrons. The lowest BCUT2D eigenvalue weighted by atomic mass is 10.2. The van der Waals surface area contributed by atoms with E-state index in [4.69, 9.17) is 0 Å². The van der Waals surface area contributed by atoms with Crippen LogP contribution in [0.1, 0.15) is 32.3 Å². The second-order valence-electron chi connectivity index (χ2n) is 4.70. The van der Waals surface area contributed by atoms with Crippen LogP contribution in [0, 0.1) is 5.82 Å². The van der Waals surface area contributed by atoms with E-state index in [1.54, 1.807) is 12.1 Å². The monoisotopic (exact) mass is 280 g/mol. The van der Waals surface area contributed by atoms with Crippen LogP contribution < -0.4 is 5.32 Å². The first-order valence-electron chi connectivity index (χ1n) is 6.79. The van der Waals surface area contributed by atoms with Crippen molar-refractivity contribution in [3.63, 3.8) is 0 Å². The number of nitrogens with zero attached hydrogens (tertiary/aromatic N) is 1. The molecule has 0 radical (unpaired) electrons. The Bertz CT molecular complexity index is 446. The number of unbranched alkanes of at least 4 members (excludes halogenated alkanes) is 1. The number of halogens is 1. The van der Waals surface area contributed by atoms with Crippen molar-refractivity contribution in [2.75, 3.05) is 13.1 Å². The summed E-state index contributed by atoms with van der Waals surface area (Å²) in [5.41, 5.74) is 0.822. The quantitative estimate of drug-likeness (QED) is 0.831. The maximum atomic E-state index is 12.7. The third kappa shape index (κ3) is 5.82. The van der Waals surface area contributed by atoms with Gasteiger partial charge in [-0.3, -0.25) is 9.59 Å². The Morgan fingerprint density at radius 2 is 1.90 bits per heavy atom. The zero-order valence-corrected chi connectivity index (χ0v) is 12.0. The van der Waals surface area contributed by atoms with Crippen LogP contribution in [0.2, 0.25) is 0 Å². The highest BCUT2D eigenvalue weighted by Gasteiger charge is 2.12. The first kappa shape index (κ1) is 16.1. The molecule has 0 atom stereocenters. The lowest BCUT2D eigenvalue weighted by molar-refractivity contribution is -0.134. The van der Waals surface area contributed by atoms with Crippen molar-refractivity contribution in [3.8, 4) is 0 Å². The topological polar surface area (TPSA) is 49.4 Å². The molecule has 0 unspecified atom stereocenters. The van der Waals surface area contributed by atoms with Gasteiger partial charge in [-0.2, -0.15) is 0 Å². The van der Waals surface area contributed by atoms with Crippen LogP contribution in [0.3, 0.4) is 0 Å². The molecule has 5 heteroatoms. The normalized spacial score (nSPS) is 10.2. The highest BCUT2D eigenvalue weighted by Crippen LogP contribution is 2.02.